The normalized spacial score (nSPS) is 46.4. The summed E-state index contributed by atoms with van der Waals surface area (Å²) in [5, 5.41) is 0. The molecule has 3 fully saturated rings. The molecule has 0 aromatic heterocycles. The van der Waals surface area contributed by atoms with Gasteiger partial charge in [0.2, 0.25) is 0 Å². The van der Waals surface area contributed by atoms with Gasteiger partial charge >= 0.3 is 0 Å². The number of aldehydes is 1. The highest BCUT2D eigenvalue weighted by molar-refractivity contribution is 5.59. The van der Waals surface area contributed by atoms with E-state index >= 15 is 0 Å². The maximum atomic E-state index is 11.9. The van der Waals surface area contributed by atoms with Gasteiger partial charge in [0.1, 0.15) is 12.0 Å². The SMILES string of the molecule is CCC12CC[C@@H]3c4ccc(OC)cc4C[C@@H](C)[C@H]3[C@]13C[C@H]3C[C@H]2C=O. The topological polar surface area (TPSA) is 26.3 Å². The van der Waals surface area contributed by atoms with Crippen molar-refractivity contribution >= 4 is 6.29 Å². The number of methoxy groups -OCH3 is 1. The highest BCUT2D eigenvalue weighted by Crippen LogP contribution is 2.84. The monoisotopic (exact) mass is 338 g/mol. The molecule has 0 radical (unpaired) electrons. The molecule has 1 aromatic rings. The summed E-state index contributed by atoms with van der Waals surface area (Å²) in [5.41, 5.74) is 3.87. The van der Waals surface area contributed by atoms with Gasteiger partial charge in [0, 0.05) is 5.92 Å². The molecule has 3 saturated carbocycles. The molecule has 0 N–H and O–H groups in total. The largest absolute Gasteiger partial charge is 0.497 e. The van der Waals surface area contributed by atoms with Crippen LogP contribution in [0.3, 0.4) is 0 Å². The fraction of sp³-hybridized carbons (Fsp3) is 0.696. The van der Waals surface area contributed by atoms with E-state index in [1.807, 2.05) is 0 Å². The van der Waals surface area contributed by atoms with Crippen molar-refractivity contribution in [2.75, 3.05) is 7.11 Å². The van der Waals surface area contributed by atoms with Crippen LogP contribution in [0.25, 0.3) is 0 Å². The third-order valence-electron chi connectivity index (χ3n) is 8.96. The van der Waals surface area contributed by atoms with Crippen molar-refractivity contribution in [2.45, 2.75) is 58.3 Å². The predicted molar refractivity (Wildman–Crippen MR) is 98.8 cm³/mol. The first-order valence-electron chi connectivity index (χ1n) is 10.2. The summed E-state index contributed by atoms with van der Waals surface area (Å²) in [4.78, 5) is 11.9. The average Bonchev–Trinajstić information content (AvgIpc) is 3.27. The molecule has 0 heterocycles. The number of rotatable bonds is 3. The number of hydrogen-bond donors (Lipinski definition) is 0. The lowest BCUT2D eigenvalue weighted by molar-refractivity contribution is -0.120. The quantitative estimate of drug-likeness (QED) is 0.725. The molecule has 2 heteroatoms. The van der Waals surface area contributed by atoms with Crippen LogP contribution in [0.1, 0.15) is 63.0 Å². The van der Waals surface area contributed by atoms with Gasteiger partial charge in [-0.2, -0.15) is 0 Å². The van der Waals surface area contributed by atoms with E-state index < -0.39 is 0 Å². The number of benzene rings is 1. The molecular formula is C23H30O2. The summed E-state index contributed by atoms with van der Waals surface area (Å²) >= 11 is 0. The van der Waals surface area contributed by atoms with Gasteiger partial charge in [-0.15, -0.1) is 0 Å². The Labute approximate surface area is 151 Å². The Morgan fingerprint density at radius 2 is 2.20 bits per heavy atom. The van der Waals surface area contributed by atoms with Crippen LogP contribution < -0.4 is 4.74 Å². The third-order valence-corrected chi connectivity index (χ3v) is 8.96. The zero-order chi connectivity index (χ0) is 17.4. The molecule has 1 spiro atoms. The molecule has 0 saturated heterocycles. The van der Waals surface area contributed by atoms with Crippen molar-refractivity contribution in [3.8, 4) is 5.75 Å². The van der Waals surface area contributed by atoms with E-state index in [1.165, 1.54) is 50.4 Å². The molecule has 7 atom stereocenters. The highest BCUT2D eigenvalue weighted by Gasteiger charge is 2.78. The van der Waals surface area contributed by atoms with Crippen LogP contribution in [0.2, 0.25) is 0 Å². The van der Waals surface area contributed by atoms with Crippen LogP contribution in [-0.4, -0.2) is 13.4 Å². The second-order valence-corrected chi connectivity index (χ2v) is 9.35. The summed E-state index contributed by atoms with van der Waals surface area (Å²) in [6.07, 6.45) is 8.77. The zero-order valence-corrected chi connectivity index (χ0v) is 15.8. The van der Waals surface area contributed by atoms with E-state index in [0.717, 1.165) is 17.6 Å². The van der Waals surface area contributed by atoms with Crippen LogP contribution in [0, 0.1) is 34.5 Å². The van der Waals surface area contributed by atoms with E-state index in [-0.39, 0.29) is 0 Å². The van der Waals surface area contributed by atoms with E-state index in [9.17, 15) is 4.79 Å². The number of hydrogen-bond acceptors (Lipinski definition) is 2. The van der Waals surface area contributed by atoms with Crippen LogP contribution in [-0.2, 0) is 11.2 Å². The first-order valence-corrected chi connectivity index (χ1v) is 10.2. The zero-order valence-electron chi connectivity index (χ0n) is 15.8. The smallest absolute Gasteiger partial charge is 0.123 e. The minimum absolute atomic E-state index is 0.304. The molecule has 2 nitrogen and oxygen atoms in total. The fourth-order valence-corrected chi connectivity index (χ4v) is 8.17. The Hall–Kier alpha value is -1.31. The molecule has 0 bridgehead atoms. The molecule has 1 aromatic carbocycles. The maximum Gasteiger partial charge on any atom is 0.123 e. The third kappa shape index (κ3) is 1.74. The first-order chi connectivity index (χ1) is 12.1. The number of carbonyl (C=O) groups is 1. The highest BCUT2D eigenvalue weighted by atomic mass is 16.5. The number of carbonyl (C=O) groups excluding carboxylic acids is 1. The second-order valence-electron chi connectivity index (χ2n) is 9.35. The van der Waals surface area contributed by atoms with Gasteiger partial charge < -0.3 is 9.53 Å². The molecule has 134 valence electrons. The molecule has 1 unspecified atom stereocenters. The van der Waals surface area contributed by atoms with Gasteiger partial charge in [-0.1, -0.05) is 19.9 Å². The number of ether oxygens (including phenoxy) is 1. The van der Waals surface area contributed by atoms with Crippen molar-refractivity contribution in [3.05, 3.63) is 29.3 Å². The molecule has 0 amide bonds. The minimum Gasteiger partial charge on any atom is -0.497 e. The van der Waals surface area contributed by atoms with Gasteiger partial charge in [0.25, 0.3) is 0 Å². The van der Waals surface area contributed by atoms with Crippen molar-refractivity contribution in [3.63, 3.8) is 0 Å². The van der Waals surface area contributed by atoms with Crippen molar-refractivity contribution in [2.24, 2.45) is 34.5 Å². The van der Waals surface area contributed by atoms with Crippen molar-refractivity contribution in [1.29, 1.82) is 0 Å². The molecule has 0 aliphatic heterocycles. The summed E-state index contributed by atoms with van der Waals surface area (Å²) in [5.74, 6) is 4.31. The van der Waals surface area contributed by atoms with E-state index in [4.69, 9.17) is 4.74 Å². The average molecular weight is 338 g/mol. The van der Waals surface area contributed by atoms with Crippen molar-refractivity contribution in [1.82, 2.24) is 0 Å². The Morgan fingerprint density at radius 1 is 1.36 bits per heavy atom. The summed E-state index contributed by atoms with van der Waals surface area (Å²) in [7, 11) is 1.76. The van der Waals surface area contributed by atoms with E-state index in [2.05, 4.69) is 32.0 Å². The summed E-state index contributed by atoms with van der Waals surface area (Å²) < 4.78 is 5.47. The Balaban J connectivity index is 1.60. The van der Waals surface area contributed by atoms with Gasteiger partial charge in [-0.25, -0.2) is 0 Å². The number of fused-ring (bicyclic) bond motifs is 3. The molecule has 25 heavy (non-hydrogen) atoms. The lowest BCUT2D eigenvalue weighted by Crippen LogP contribution is -2.50. The van der Waals surface area contributed by atoms with E-state index in [1.54, 1.807) is 12.7 Å². The minimum atomic E-state index is 0.304. The predicted octanol–water partition coefficient (Wildman–Crippen LogP) is 5.00. The van der Waals surface area contributed by atoms with Crippen LogP contribution >= 0.6 is 0 Å². The Kier molecular flexibility index (Phi) is 3.25. The molecule has 5 rings (SSSR count). The van der Waals surface area contributed by atoms with Crippen LogP contribution in [0.4, 0.5) is 0 Å². The van der Waals surface area contributed by atoms with Crippen LogP contribution in [0.5, 0.6) is 5.75 Å². The van der Waals surface area contributed by atoms with Gasteiger partial charge in [-0.05, 0) is 96.3 Å². The maximum absolute atomic E-state index is 11.9. The molecule has 4 aliphatic rings. The lowest BCUT2D eigenvalue weighted by Gasteiger charge is -2.56. The fourth-order valence-electron chi connectivity index (χ4n) is 8.17. The Morgan fingerprint density at radius 3 is 2.92 bits per heavy atom. The van der Waals surface area contributed by atoms with Gasteiger partial charge in [0.15, 0.2) is 0 Å². The second kappa shape index (κ2) is 5.11. The Bertz CT molecular complexity index is 725. The summed E-state index contributed by atoms with van der Waals surface area (Å²) in [6, 6.07) is 6.77. The lowest BCUT2D eigenvalue weighted by atomic mass is 9.48. The van der Waals surface area contributed by atoms with Gasteiger partial charge in [0.05, 0.1) is 7.11 Å². The summed E-state index contributed by atoms with van der Waals surface area (Å²) in [6.45, 7) is 4.83. The molecule has 4 aliphatic carbocycles. The van der Waals surface area contributed by atoms with Gasteiger partial charge in [-0.3, -0.25) is 0 Å². The van der Waals surface area contributed by atoms with Crippen molar-refractivity contribution < 1.29 is 9.53 Å². The molecular weight excluding hydrogens is 308 g/mol. The standard InChI is InChI=1S/C23H30O2/c1-4-22-8-7-20-19-6-5-18(25-3)10-15(19)9-14(2)21(20)23(22)12-16(23)11-17(22)13-24/h5-6,10,13-14,16-17,20-21H,4,7-9,11-12H2,1-3H3/t14-,16-,17+,20-,21-,22?,23-/m1/s1. The first kappa shape index (κ1) is 15.9. The van der Waals surface area contributed by atoms with Crippen LogP contribution in [0.15, 0.2) is 18.2 Å². The van der Waals surface area contributed by atoms with E-state index in [0.29, 0.717) is 28.6 Å².